The topological polar surface area (TPSA) is 75.6 Å². The molecular weight excluding hydrogens is 334 g/mol. The fraction of sp³-hybridized carbons (Fsp3) is 0.200. The molecule has 6 nitrogen and oxygen atoms in total. The van der Waals surface area contributed by atoms with Gasteiger partial charge in [-0.3, -0.25) is 14.9 Å². The van der Waals surface area contributed by atoms with Crippen molar-refractivity contribution in [3.63, 3.8) is 0 Å². The van der Waals surface area contributed by atoms with Crippen molar-refractivity contribution in [2.24, 2.45) is 0 Å². The number of halogens is 1. The van der Waals surface area contributed by atoms with E-state index in [2.05, 4.69) is 20.5 Å². The van der Waals surface area contributed by atoms with Crippen molar-refractivity contribution in [3.8, 4) is 0 Å². The van der Waals surface area contributed by atoms with Crippen LogP contribution in [0.3, 0.4) is 0 Å². The Bertz CT molecular complexity index is 933. The van der Waals surface area contributed by atoms with Crippen LogP contribution >= 0.6 is 23.8 Å². The number of amides is 1. The van der Waals surface area contributed by atoms with Crippen molar-refractivity contribution < 1.29 is 4.79 Å². The number of hydrogen-bond donors (Lipinski definition) is 2. The molecular formula is C15H14ClN5OS. The molecule has 0 aliphatic carbocycles. The lowest BCUT2D eigenvalue weighted by molar-refractivity contribution is 0.0951. The Morgan fingerprint density at radius 3 is 3.09 bits per heavy atom. The lowest BCUT2D eigenvalue weighted by atomic mass is 10.1. The second kappa shape index (κ2) is 6.47. The van der Waals surface area contributed by atoms with Gasteiger partial charge in [0.25, 0.3) is 5.91 Å². The summed E-state index contributed by atoms with van der Waals surface area (Å²) in [5.74, 6) is 0.415. The van der Waals surface area contributed by atoms with Gasteiger partial charge in [0.15, 0.2) is 10.6 Å². The van der Waals surface area contributed by atoms with Gasteiger partial charge in [-0.25, -0.2) is 0 Å². The van der Waals surface area contributed by atoms with Crippen molar-refractivity contribution >= 4 is 40.6 Å². The predicted octanol–water partition coefficient (Wildman–Crippen LogP) is 3.09. The number of aromatic amines is 1. The molecule has 3 aromatic rings. The monoisotopic (exact) mass is 347 g/mol. The van der Waals surface area contributed by atoms with E-state index in [1.165, 1.54) is 0 Å². The van der Waals surface area contributed by atoms with Gasteiger partial charge in [-0.15, -0.1) is 0 Å². The van der Waals surface area contributed by atoms with Gasteiger partial charge in [0.1, 0.15) is 0 Å². The summed E-state index contributed by atoms with van der Waals surface area (Å²) < 4.78 is 2.36. The Labute approximate surface area is 142 Å². The van der Waals surface area contributed by atoms with Gasteiger partial charge in [-0.1, -0.05) is 17.7 Å². The van der Waals surface area contributed by atoms with E-state index in [4.69, 9.17) is 23.8 Å². The van der Waals surface area contributed by atoms with Crippen molar-refractivity contribution in [1.82, 2.24) is 25.1 Å². The number of pyridine rings is 1. The van der Waals surface area contributed by atoms with Crippen LogP contribution in [-0.2, 0) is 13.1 Å². The maximum atomic E-state index is 12.5. The van der Waals surface area contributed by atoms with Crippen LogP contribution < -0.4 is 5.32 Å². The first-order valence-corrected chi connectivity index (χ1v) is 7.85. The Morgan fingerprint density at radius 1 is 1.48 bits per heavy atom. The lowest BCUT2D eigenvalue weighted by Gasteiger charge is -2.08. The first kappa shape index (κ1) is 15.6. The van der Waals surface area contributed by atoms with Crippen LogP contribution in [0.5, 0.6) is 0 Å². The predicted molar refractivity (Wildman–Crippen MR) is 91.0 cm³/mol. The Kier molecular flexibility index (Phi) is 4.40. The third kappa shape index (κ3) is 3.11. The van der Waals surface area contributed by atoms with E-state index in [9.17, 15) is 4.79 Å². The van der Waals surface area contributed by atoms with Gasteiger partial charge in [-0.2, -0.15) is 5.10 Å². The second-order valence-electron chi connectivity index (χ2n) is 4.90. The molecule has 0 saturated carbocycles. The molecule has 0 bridgehead atoms. The molecule has 0 fully saturated rings. The molecule has 1 aromatic carbocycles. The lowest BCUT2D eigenvalue weighted by Crippen LogP contribution is -2.25. The third-order valence-corrected chi connectivity index (χ3v) is 4.00. The molecule has 3 rings (SSSR count). The number of carbonyl (C=O) groups excluding carboxylic acids is 1. The quantitative estimate of drug-likeness (QED) is 0.711. The minimum Gasteiger partial charge on any atom is -0.345 e. The van der Waals surface area contributed by atoms with Crippen LogP contribution in [0.2, 0.25) is 5.02 Å². The molecule has 0 unspecified atom stereocenters. The zero-order valence-corrected chi connectivity index (χ0v) is 13.9. The van der Waals surface area contributed by atoms with Gasteiger partial charge >= 0.3 is 0 Å². The summed E-state index contributed by atoms with van der Waals surface area (Å²) in [5.41, 5.74) is 1.05. The highest BCUT2D eigenvalue weighted by atomic mass is 35.5. The highest BCUT2D eigenvalue weighted by Gasteiger charge is 2.14. The number of aromatic nitrogens is 4. The van der Waals surface area contributed by atoms with E-state index in [1.54, 1.807) is 24.4 Å². The van der Waals surface area contributed by atoms with Gasteiger partial charge in [-0.05, 0) is 37.3 Å². The van der Waals surface area contributed by atoms with Gasteiger partial charge in [0.2, 0.25) is 0 Å². The normalized spacial score (nSPS) is 10.9. The first-order chi connectivity index (χ1) is 11.1. The average molecular weight is 348 g/mol. The smallest absolute Gasteiger partial charge is 0.253 e. The minimum absolute atomic E-state index is 0.257. The Hall–Kier alpha value is -2.25. The molecule has 0 aliphatic heterocycles. The number of carbonyl (C=O) groups is 1. The van der Waals surface area contributed by atoms with Crippen LogP contribution in [0.4, 0.5) is 0 Å². The Morgan fingerprint density at radius 2 is 2.30 bits per heavy atom. The van der Waals surface area contributed by atoms with Crippen LogP contribution in [0.25, 0.3) is 10.9 Å². The zero-order valence-electron chi connectivity index (χ0n) is 12.3. The molecule has 0 saturated heterocycles. The summed E-state index contributed by atoms with van der Waals surface area (Å²) in [5, 5.41) is 11.0. The number of nitrogens with zero attached hydrogens (tertiary/aromatic N) is 3. The molecule has 2 N–H and O–H groups in total. The van der Waals surface area contributed by atoms with Crippen LogP contribution in [0.15, 0.2) is 30.5 Å². The summed E-state index contributed by atoms with van der Waals surface area (Å²) in [6.45, 7) is 2.91. The van der Waals surface area contributed by atoms with Crippen LogP contribution in [0, 0.1) is 4.77 Å². The van der Waals surface area contributed by atoms with E-state index in [0.29, 0.717) is 33.2 Å². The highest BCUT2D eigenvalue weighted by molar-refractivity contribution is 7.71. The SMILES string of the molecule is CCn1c(CNC(=O)c2cc(Cl)cc3cccnc23)n[nH]c1=S. The van der Waals surface area contributed by atoms with E-state index in [0.717, 1.165) is 5.39 Å². The number of hydrogen-bond acceptors (Lipinski definition) is 4. The fourth-order valence-electron chi connectivity index (χ4n) is 2.39. The molecule has 0 aliphatic rings. The number of H-pyrrole nitrogens is 1. The zero-order chi connectivity index (χ0) is 16.4. The van der Waals surface area contributed by atoms with Crippen molar-refractivity contribution in [2.45, 2.75) is 20.0 Å². The summed E-state index contributed by atoms with van der Waals surface area (Å²) in [7, 11) is 0. The molecule has 0 atom stereocenters. The third-order valence-electron chi connectivity index (χ3n) is 3.47. The van der Waals surface area contributed by atoms with Crippen LogP contribution in [0.1, 0.15) is 23.1 Å². The number of benzene rings is 1. The fourth-order valence-corrected chi connectivity index (χ4v) is 2.90. The molecule has 118 valence electrons. The van der Waals surface area contributed by atoms with E-state index in [1.807, 2.05) is 17.6 Å². The molecule has 0 radical (unpaired) electrons. The molecule has 8 heteroatoms. The summed E-state index contributed by atoms with van der Waals surface area (Å²) in [4.78, 5) is 16.8. The summed E-state index contributed by atoms with van der Waals surface area (Å²) >= 11 is 11.2. The number of nitrogens with one attached hydrogen (secondary N) is 2. The average Bonchev–Trinajstić information content (AvgIpc) is 2.91. The molecule has 2 aromatic heterocycles. The summed E-state index contributed by atoms with van der Waals surface area (Å²) in [6.07, 6.45) is 1.65. The maximum absolute atomic E-state index is 12.5. The van der Waals surface area contributed by atoms with E-state index >= 15 is 0 Å². The number of rotatable bonds is 4. The maximum Gasteiger partial charge on any atom is 0.253 e. The van der Waals surface area contributed by atoms with Gasteiger partial charge in [0.05, 0.1) is 17.6 Å². The number of fused-ring (bicyclic) bond motifs is 1. The minimum atomic E-state index is -0.257. The van der Waals surface area contributed by atoms with E-state index in [-0.39, 0.29) is 12.5 Å². The van der Waals surface area contributed by atoms with Crippen molar-refractivity contribution in [3.05, 3.63) is 51.6 Å². The largest absolute Gasteiger partial charge is 0.345 e. The highest BCUT2D eigenvalue weighted by Crippen LogP contribution is 2.22. The summed E-state index contributed by atoms with van der Waals surface area (Å²) in [6, 6.07) is 7.07. The molecule has 0 spiro atoms. The van der Waals surface area contributed by atoms with Gasteiger partial charge in [0, 0.05) is 23.2 Å². The Balaban J connectivity index is 1.88. The van der Waals surface area contributed by atoms with Crippen molar-refractivity contribution in [2.75, 3.05) is 0 Å². The molecule has 1 amide bonds. The van der Waals surface area contributed by atoms with Crippen molar-refractivity contribution in [1.29, 1.82) is 0 Å². The molecule has 23 heavy (non-hydrogen) atoms. The van der Waals surface area contributed by atoms with Gasteiger partial charge < -0.3 is 9.88 Å². The van der Waals surface area contributed by atoms with E-state index < -0.39 is 0 Å². The van der Waals surface area contributed by atoms with Crippen LogP contribution in [-0.4, -0.2) is 25.7 Å². The standard InChI is InChI=1S/C15H14ClN5OS/c1-2-21-12(19-20-15(21)23)8-18-14(22)11-7-10(16)6-9-4-3-5-17-13(9)11/h3-7H,2,8H2,1H3,(H,18,22)(H,20,23). The first-order valence-electron chi connectivity index (χ1n) is 7.06. The second-order valence-corrected chi connectivity index (χ2v) is 5.72. The molecule has 2 heterocycles.